The molecule has 2 aromatic carbocycles. The fraction of sp³-hybridized carbons (Fsp3) is 0.375. The summed E-state index contributed by atoms with van der Waals surface area (Å²) in [6, 6.07) is 15.3. The Bertz CT molecular complexity index is 943. The van der Waals surface area contributed by atoms with Gasteiger partial charge in [0.15, 0.2) is 6.20 Å². The minimum absolute atomic E-state index is 0.0732. The number of fused-ring (bicyclic) bond motifs is 1. The molecule has 1 aromatic heterocycles. The van der Waals surface area contributed by atoms with Gasteiger partial charge in [-0.2, -0.15) is 4.57 Å². The number of benzene rings is 2. The first kappa shape index (κ1) is 19.5. The third-order valence-electron chi connectivity index (χ3n) is 5.08. The standard InChI is InChI=1S/C24H30NO2/c1-16(2)12-19-8-9-20-10-11-25(23(15-26)27-5)24(22(20)14-19)21-13-17(3)6-7-18(21)4/h6-11,13-14,16,23,26H,12,15H2,1-5H3/q+1/t23-/m1/s1. The Balaban J connectivity index is 2.36. The van der Waals surface area contributed by atoms with E-state index in [-0.39, 0.29) is 6.61 Å². The van der Waals surface area contributed by atoms with E-state index in [4.69, 9.17) is 4.74 Å². The Morgan fingerprint density at radius 2 is 1.81 bits per heavy atom. The van der Waals surface area contributed by atoms with Gasteiger partial charge in [-0.3, -0.25) is 0 Å². The van der Waals surface area contributed by atoms with Crippen molar-refractivity contribution in [3.8, 4) is 11.3 Å². The Hall–Kier alpha value is -2.23. The molecule has 3 aromatic rings. The number of aliphatic hydroxyl groups excluding tert-OH is 1. The number of methoxy groups -OCH3 is 1. The Kier molecular flexibility index (Phi) is 5.93. The summed E-state index contributed by atoms with van der Waals surface area (Å²) in [5, 5.41) is 12.3. The third-order valence-corrected chi connectivity index (χ3v) is 5.08. The summed E-state index contributed by atoms with van der Waals surface area (Å²) in [4.78, 5) is 0. The Morgan fingerprint density at radius 1 is 1.04 bits per heavy atom. The van der Waals surface area contributed by atoms with E-state index < -0.39 is 6.23 Å². The minimum Gasteiger partial charge on any atom is -0.387 e. The van der Waals surface area contributed by atoms with Gasteiger partial charge < -0.3 is 9.84 Å². The molecule has 0 bridgehead atoms. The van der Waals surface area contributed by atoms with Crippen molar-refractivity contribution in [2.24, 2.45) is 5.92 Å². The van der Waals surface area contributed by atoms with Crippen LogP contribution >= 0.6 is 0 Å². The monoisotopic (exact) mass is 364 g/mol. The lowest BCUT2D eigenvalue weighted by molar-refractivity contribution is -0.752. The molecule has 0 saturated carbocycles. The van der Waals surface area contributed by atoms with Gasteiger partial charge in [-0.25, -0.2) is 0 Å². The summed E-state index contributed by atoms with van der Waals surface area (Å²) < 4.78 is 7.63. The van der Waals surface area contributed by atoms with Crippen LogP contribution in [-0.2, 0) is 11.2 Å². The van der Waals surface area contributed by atoms with Gasteiger partial charge in [0.05, 0.1) is 10.9 Å². The maximum atomic E-state index is 9.87. The van der Waals surface area contributed by atoms with Crippen molar-refractivity contribution in [2.75, 3.05) is 13.7 Å². The molecule has 0 radical (unpaired) electrons. The first-order valence-electron chi connectivity index (χ1n) is 9.62. The second-order valence-electron chi connectivity index (χ2n) is 7.78. The van der Waals surface area contributed by atoms with Crippen molar-refractivity contribution >= 4 is 10.8 Å². The molecule has 0 aliphatic rings. The van der Waals surface area contributed by atoms with Gasteiger partial charge in [0.25, 0.3) is 6.23 Å². The van der Waals surface area contributed by atoms with Crippen molar-refractivity contribution < 1.29 is 14.4 Å². The molecule has 3 heteroatoms. The van der Waals surface area contributed by atoms with Crippen LogP contribution in [0.5, 0.6) is 0 Å². The summed E-state index contributed by atoms with van der Waals surface area (Å²) in [7, 11) is 1.64. The van der Waals surface area contributed by atoms with Crippen molar-refractivity contribution in [3.63, 3.8) is 0 Å². The summed E-state index contributed by atoms with van der Waals surface area (Å²) in [5.74, 6) is 0.603. The van der Waals surface area contributed by atoms with E-state index in [1.165, 1.54) is 33.0 Å². The number of nitrogens with zero attached hydrogens (tertiary/aromatic N) is 1. The van der Waals surface area contributed by atoms with Crippen LogP contribution < -0.4 is 4.57 Å². The SMILES string of the molecule is CO[C@H](CO)[n+]1ccc2ccc(CC(C)C)cc2c1-c1cc(C)ccc1C. The maximum Gasteiger partial charge on any atom is 0.286 e. The largest absolute Gasteiger partial charge is 0.387 e. The van der Waals surface area contributed by atoms with E-state index in [1.807, 2.05) is 6.20 Å². The average Bonchev–Trinajstić information content (AvgIpc) is 2.64. The summed E-state index contributed by atoms with van der Waals surface area (Å²) in [6.45, 7) is 8.66. The van der Waals surface area contributed by atoms with Crippen molar-refractivity contribution in [3.05, 3.63) is 65.4 Å². The molecule has 1 N–H and O–H groups in total. The van der Waals surface area contributed by atoms with E-state index in [0.29, 0.717) is 5.92 Å². The van der Waals surface area contributed by atoms with Gasteiger partial charge in [0.1, 0.15) is 6.61 Å². The molecule has 0 aliphatic carbocycles. The summed E-state index contributed by atoms with van der Waals surface area (Å²) in [6.07, 6.45) is 2.65. The highest BCUT2D eigenvalue weighted by Gasteiger charge is 2.26. The molecule has 0 aliphatic heterocycles. The molecule has 0 spiro atoms. The number of rotatable bonds is 6. The normalized spacial score (nSPS) is 12.7. The molecule has 142 valence electrons. The van der Waals surface area contributed by atoms with Crippen LogP contribution in [0.3, 0.4) is 0 Å². The fourth-order valence-electron chi connectivity index (χ4n) is 3.72. The van der Waals surface area contributed by atoms with E-state index in [9.17, 15) is 5.11 Å². The molecule has 0 unspecified atom stereocenters. The van der Waals surface area contributed by atoms with Gasteiger partial charge in [-0.05, 0) is 54.8 Å². The predicted molar refractivity (Wildman–Crippen MR) is 111 cm³/mol. The third kappa shape index (κ3) is 4.05. The molecule has 1 heterocycles. The van der Waals surface area contributed by atoms with Crippen LogP contribution in [0, 0.1) is 19.8 Å². The van der Waals surface area contributed by atoms with Crippen LogP contribution in [0.1, 0.15) is 36.8 Å². The zero-order valence-electron chi connectivity index (χ0n) is 17.0. The van der Waals surface area contributed by atoms with Gasteiger partial charge in [0, 0.05) is 13.2 Å². The molecule has 27 heavy (non-hydrogen) atoms. The van der Waals surface area contributed by atoms with Crippen molar-refractivity contribution in [1.29, 1.82) is 0 Å². The number of ether oxygens (including phenoxy) is 1. The molecule has 0 amide bonds. The second-order valence-corrected chi connectivity index (χ2v) is 7.78. The lowest BCUT2D eigenvalue weighted by Gasteiger charge is -2.16. The van der Waals surface area contributed by atoms with Crippen LogP contribution in [-0.4, -0.2) is 18.8 Å². The van der Waals surface area contributed by atoms with Gasteiger partial charge in [-0.1, -0.05) is 43.7 Å². The molecule has 3 rings (SSSR count). The van der Waals surface area contributed by atoms with E-state index in [2.05, 4.69) is 74.7 Å². The van der Waals surface area contributed by atoms with Crippen LogP contribution in [0.25, 0.3) is 22.0 Å². The van der Waals surface area contributed by atoms with E-state index in [1.54, 1.807) is 7.11 Å². The van der Waals surface area contributed by atoms with Crippen molar-refractivity contribution in [1.82, 2.24) is 0 Å². The first-order valence-corrected chi connectivity index (χ1v) is 9.62. The summed E-state index contributed by atoms with van der Waals surface area (Å²) in [5.41, 5.74) is 6.04. The first-order chi connectivity index (χ1) is 12.9. The molecule has 3 nitrogen and oxygen atoms in total. The molecular formula is C24H30NO2+. The number of pyridine rings is 1. The molecule has 0 fully saturated rings. The Morgan fingerprint density at radius 3 is 2.48 bits per heavy atom. The highest BCUT2D eigenvalue weighted by atomic mass is 16.5. The van der Waals surface area contributed by atoms with Crippen LogP contribution in [0.15, 0.2) is 48.7 Å². The van der Waals surface area contributed by atoms with Gasteiger partial charge in [0.2, 0.25) is 5.69 Å². The maximum absolute atomic E-state index is 9.87. The highest BCUT2D eigenvalue weighted by Crippen LogP contribution is 2.31. The molecule has 0 saturated heterocycles. The number of aromatic nitrogens is 1. The lowest BCUT2D eigenvalue weighted by Crippen LogP contribution is -2.44. The lowest BCUT2D eigenvalue weighted by atomic mass is 9.94. The fourth-order valence-corrected chi connectivity index (χ4v) is 3.72. The van der Waals surface area contributed by atoms with E-state index >= 15 is 0 Å². The van der Waals surface area contributed by atoms with E-state index in [0.717, 1.165) is 12.1 Å². The highest BCUT2D eigenvalue weighted by molar-refractivity contribution is 5.94. The average molecular weight is 365 g/mol. The summed E-state index contributed by atoms with van der Waals surface area (Å²) >= 11 is 0. The topological polar surface area (TPSA) is 33.3 Å². The molecule has 1 atom stereocenters. The number of hydrogen-bond acceptors (Lipinski definition) is 2. The second kappa shape index (κ2) is 8.20. The van der Waals surface area contributed by atoms with Gasteiger partial charge >= 0.3 is 0 Å². The number of aliphatic hydroxyl groups is 1. The zero-order chi connectivity index (χ0) is 19.6. The van der Waals surface area contributed by atoms with Crippen molar-refractivity contribution in [2.45, 2.75) is 40.3 Å². The Labute approximate surface area is 162 Å². The van der Waals surface area contributed by atoms with Crippen LogP contribution in [0.2, 0.25) is 0 Å². The zero-order valence-corrected chi connectivity index (χ0v) is 17.0. The number of aryl methyl sites for hydroxylation is 2. The smallest absolute Gasteiger partial charge is 0.286 e. The molecular weight excluding hydrogens is 334 g/mol. The number of hydrogen-bond donors (Lipinski definition) is 1. The van der Waals surface area contributed by atoms with Crippen LogP contribution in [0.4, 0.5) is 0 Å². The quantitative estimate of drug-likeness (QED) is 0.641. The predicted octanol–water partition coefficient (Wildman–Crippen LogP) is 4.75. The minimum atomic E-state index is -0.418. The van der Waals surface area contributed by atoms with Gasteiger partial charge in [-0.15, -0.1) is 0 Å².